The third-order valence-corrected chi connectivity index (χ3v) is 3.64. The molecule has 0 aromatic heterocycles. The second kappa shape index (κ2) is 3.60. The van der Waals surface area contributed by atoms with Crippen molar-refractivity contribution in [3.8, 4) is 16.9 Å². The van der Waals surface area contributed by atoms with Gasteiger partial charge in [-0.1, -0.05) is 30.3 Å². The van der Waals surface area contributed by atoms with Crippen LogP contribution in [-0.4, -0.2) is 16.8 Å². The van der Waals surface area contributed by atoms with Gasteiger partial charge in [0.05, 0.1) is 6.61 Å². The molecular weight excluding hydrogens is 212 g/mol. The highest BCUT2D eigenvalue weighted by Crippen LogP contribution is 2.47. The van der Waals surface area contributed by atoms with Gasteiger partial charge in [0.25, 0.3) is 0 Å². The predicted molar refractivity (Wildman–Crippen MR) is 67.2 cm³/mol. The molecule has 0 aliphatic heterocycles. The van der Waals surface area contributed by atoms with Gasteiger partial charge in [-0.25, -0.2) is 0 Å². The summed E-state index contributed by atoms with van der Waals surface area (Å²) in [4.78, 5) is 0. The molecule has 0 saturated carbocycles. The van der Waals surface area contributed by atoms with Crippen LogP contribution in [0.25, 0.3) is 11.1 Å². The van der Waals surface area contributed by atoms with Gasteiger partial charge < -0.3 is 10.2 Å². The maximum absolute atomic E-state index is 9.79. The Balaban J connectivity index is 2.35. The van der Waals surface area contributed by atoms with Crippen LogP contribution in [0.3, 0.4) is 0 Å². The number of fused-ring (bicyclic) bond motifs is 3. The van der Waals surface area contributed by atoms with E-state index in [9.17, 15) is 10.2 Å². The molecule has 2 nitrogen and oxygen atoms in total. The Hall–Kier alpha value is -1.80. The van der Waals surface area contributed by atoms with E-state index in [2.05, 4.69) is 6.07 Å². The maximum atomic E-state index is 9.79. The summed E-state index contributed by atoms with van der Waals surface area (Å²) in [6, 6.07) is 11.8. The fourth-order valence-electron chi connectivity index (χ4n) is 2.79. The Bertz CT molecular complexity index is 587. The normalized spacial score (nSPS) is 16.7. The van der Waals surface area contributed by atoms with Gasteiger partial charge in [-0.05, 0) is 40.8 Å². The van der Waals surface area contributed by atoms with E-state index < -0.39 is 0 Å². The van der Waals surface area contributed by atoms with Crippen LogP contribution in [0.1, 0.15) is 22.6 Å². The largest absolute Gasteiger partial charge is 0.508 e. The van der Waals surface area contributed by atoms with Crippen molar-refractivity contribution >= 4 is 0 Å². The van der Waals surface area contributed by atoms with Crippen LogP contribution in [0.5, 0.6) is 5.75 Å². The molecule has 0 bridgehead atoms. The highest BCUT2D eigenvalue weighted by Gasteiger charge is 2.29. The van der Waals surface area contributed by atoms with E-state index in [1.807, 2.05) is 31.2 Å². The van der Waals surface area contributed by atoms with Crippen LogP contribution >= 0.6 is 0 Å². The average Bonchev–Trinajstić information content (AvgIpc) is 2.68. The number of hydrogen-bond acceptors (Lipinski definition) is 2. The first kappa shape index (κ1) is 10.4. The standard InChI is InChI=1S/C15H14O2/c1-9-14(17)7-6-12-10-4-2-3-5-11(10)13(8-16)15(9)12/h2-7,13,16-17H,8H2,1H3. The van der Waals surface area contributed by atoms with Crippen molar-refractivity contribution in [3.63, 3.8) is 0 Å². The summed E-state index contributed by atoms with van der Waals surface area (Å²) in [5.41, 5.74) is 5.39. The van der Waals surface area contributed by atoms with Gasteiger partial charge in [0.1, 0.15) is 5.75 Å². The molecule has 1 atom stereocenters. The first-order valence-corrected chi connectivity index (χ1v) is 5.76. The molecule has 1 aliphatic rings. The Kier molecular flexibility index (Phi) is 2.20. The molecule has 2 N–H and O–H groups in total. The van der Waals surface area contributed by atoms with Crippen molar-refractivity contribution in [2.45, 2.75) is 12.8 Å². The molecule has 0 saturated heterocycles. The second-order valence-corrected chi connectivity index (χ2v) is 4.49. The number of hydrogen-bond donors (Lipinski definition) is 2. The fourth-order valence-corrected chi connectivity index (χ4v) is 2.79. The molecule has 0 heterocycles. The summed E-state index contributed by atoms with van der Waals surface area (Å²) in [5, 5.41) is 19.4. The number of phenols is 1. The fraction of sp³-hybridized carbons (Fsp3) is 0.200. The number of aliphatic hydroxyl groups is 1. The molecule has 0 spiro atoms. The minimum Gasteiger partial charge on any atom is -0.508 e. The third-order valence-electron chi connectivity index (χ3n) is 3.64. The zero-order chi connectivity index (χ0) is 12.0. The molecular formula is C15H14O2. The molecule has 0 fully saturated rings. The Labute approximate surface area is 100 Å². The van der Waals surface area contributed by atoms with Crippen LogP contribution < -0.4 is 0 Å². The summed E-state index contributed by atoms with van der Waals surface area (Å²) < 4.78 is 0. The lowest BCUT2D eigenvalue weighted by atomic mass is 9.94. The molecule has 86 valence electrons. The Morgan fingerprint density at radius 1 is 1.06 bits per heavy atom. The van der Waals surface area contributed by atoms with Gasteiger partial charge in [0.15, 0.2) is 0 Å². The van der Waals surface area contributed by atoms with Crippen molar-refractivity contribution in [2.24, 2.45) is 0 Å². The van der Waals surface area contributed by atoms with Crippen molar-refractivity contribution < 1.29 is 10.2 Å². The van der Waals surface area contributed by atoms with Crippen molar-refractivity contribution in [1.82, 2.24) is 0 Å². The monoisotopic (exact) mass is 226 g/mol. The first-order valence-electron chi connectivity index (χ1n) is 5.76. The van der Waals surface area contributed by atoms with Crippen LogP contribution in [0.2, 0.25) is 0 Å². The lowest BCUT2D eigenvalue weighted by molar-refractivity contribution is 0.282. The highest BCUT2D eigenvalue weighted by atomic mass is 16.3. The van der Waals surface area contributed by atoms with Crippen molar-refractivity contribution in [2.75, 3.05) is 6.61 Å². The SMILES string of the molecule is Cc1c(O)ccc2c1C(CO)c1ccccc1-2. The quantitative estimate of drug-likeness (QED) is 0.785. The smallest absolute Gasteiger partial charge is 0.118 e. The number of phenolic OH excluding ortho intramolecular Hbond substituents is 1. The Morgan fingerprint density at radius 2 is 1.82 bits per heavy atom. The van der Waals surface area contributed by atoms with Gasteiger partial charge in [-0.2, -0.15) is 0 Å². The van der Waals surface area contributed by atoms with E-state index in [4.69, 9.17) is 0 Å². The number of aromatic hydroxyl groups is 1. The molecule has 3 rings (SSSR count). The van der Waals surface area contributed by atoms with E-state index in [1.165, 1.54) is 5.56 Å². The van der Waals surface area contributed by atoms with E-state index in [0.29, 0.717) is 5.75 Å². The number of aliphatic hydroxyl groups excluding tert-OH is 1. The van der Waals surface area contributed by atoms with Crippen LogP contribution in [0.15, 0.2) is 36.4 Å². The molecule has 2 heteroatoms. The van der Waals surface area contributed by atoms with Gasteiger partial charge >= 0.3 is 0 Å². The highest BCUT2D eigenvalue weighted by molar-refractivity contribution is 5.81. The molecule has 1 aliphatic carbocycles. The van der Waals surface area contributed by atoms with E-state index in [0.717, 1.165) is 22.3 Å². The zero-order valence-electron chi connectivity index (χ0n) is 9.64. The number of benzene rings is 2. The van der Waals surface area contributed by atoms with Gasteiger partial charge in [-0.3, -0.25) is 0 Å². The molecule has 2 aromatic rings. The third kappa shape index (κ3) is 1.31. The van der Waals surface area contributed by atoms with Gasteiger partial charge in [0, 0.05) is 5.92 Å². The zero-order valence-corrected chi connectivity index (χ0v) is 9.64. The molecule has 0 radical (unpaired) electrons. The van der Waals surface area contributed by atoms with Crippen molar-refractivity contribution in [1.29, 1.82) is 0 Å². The first-order chi connectivity index (χ1) is 8.24. The van der Waals surface area contributed by atoms with Gasteiger partial charge in [-0.15, -0.1) is 0 Å². The Morgan fingerprint density at radius 3 is 2.59 bits per heavy atom. The van der Waals surface area contributed by atoms with Crippen molar-refractivity contribution in [3.05, 3.63) is 53.1 Å². The van der Waals surface area contributed by atoms with E-state index in [1.54, 1.807) is 6.07 Å². The average molecular weight is 226 g/mol. The van der Waals surface area contributed by atoms with E-state index >= 15 is 0 Å². The number of rotatable bonds is 1. The predicted octanol–water partition coefficient (Wildman–Crippen LogP) is 2.81. The molecule has 0 amide bonds. The van der Waals surface area contributed by atoms with Crippen LogP contribution in [0, 0.1) is 6.92 Å². The van der Waals surface area contributed by atoms with Gasteiger partial charge in [0.2, 0.25) is 0 Å². The lowest BCUT2D eigenvalue weighted by Crippen LogP contribution is -2.03. The second-order valence-electron chi connectivity index (χ2n) is 4.49. The summed E-state index contributed by atoms with van der Waals surface area (Å²) >= 11 is 0. The maximum Gasteiger partial charge on any atom is 0.118 e. The lowest BCUT2D eigenvalue weighted by Gasteiger charge is -2.13. The molecule has 2 aromatic carbocycles. The molecule has 17 heavy (non-hydrogen) atoms. The van der Waals surface area contributed by atoms with E-state index in [-0.39, 0.29) is 12.5 Å². The summed E-state index contributed by atoms with van der Waals surface area (Å²) in [5.74, 6) is 0.295. The minimum atomic E-state index is -0.00620. The summed E-state index contributed by atoms with van der Waals surface area (Å²) in [6.07, 6.45) is 0. The summed E-state index contributed by atoms with van der Waals surface area (Å²) in [6.45, 7) is 1.98. The van der Waals surface area contributed by atoms with Crippen LogP contribution in [-0.2, 0) is 0 Å². The topological polar surface area (TPSA) is 40.5 Å². The summed E-state index contributed by atoms with van der Waals surface area (Å²) in [7, 11) is 0. The van der Waals surface area contributed by atoms with Crippen LogP contribution in [0.4, 0.5) is 0 Å². The minimum absolute atomic E-state index is 0.00620. The molecule has 1 unspecified atom stereocenters.